The lowest BCUT2D eigenvalue weighted by Crippen LogP contribution is -2.30. The second kappa shape index (κ2) is 7.81. The second-order valence-electron chi connectivity index (χ2n) is 4.96. The highest BCUT2D eigenvalue weighted by atomic mass is 16.5. The third kappa shape index (κ3) is 4.06. The molecule has 1 heterocycles. The van der Waals surface area contributed by atoms with E-state index >= 15 is 0 Å². The fourth-order valence-electron chi connectivity index (χ4n) is 2.39. The van der Waals surface area contributed by atoms with Gasteiger partial charge in [-0.05, 0) is 31.0 Å². The number of rotatable bonds is 8. The van der Waals surface area contributed by atoms with Gasteiger partial charge in [0.2, 0.25) is 0 Å². The Balaban J connectivity index is 2.10. The zero-order chi connectivity index (χ0) is 15.1. The molecular weight excluding hydrogens is 264 g/mol. The van der Waals surface area contributed by atoms with E-state index in [4.69, 9.17) is 10.6 Å². The Morgan fingerprint density at radius 1 is 1.29 bits per heavy atom. The number of aromatic nitrogens is 2. The van der Waals surface area contributed by atoms with E-state index in [0.717, 1.165) is 36.5 Å². The molecule has 0 saturated heterocycles. The number of ether oxygens (including phenoxy) is 1. The zero-order valence-corrected chi connectivity index (χ0v) is 12.7. The fraction of sp³-hybridized carbons (Fsp3) is 0.438. The molecule has 0 fully saturated rings. The Kier molecular flexibility index (Phi) is 5.78. The Bertz CT molecular complexity index is 535. The molecule has 1 aromatic carbocycles. The van der Waals surface area contributed by atoms with Gasteiger partial charge in [0, 0.05) is 25.4 Å². The minimum absolute atomic E-state index is 0.0404. The minimum atomic E-state index is 0.0404. The summed E-state index contributed by atoms with van der Waals surface area (Å²) in [4.78, 5) is 4.44. The van der Waals surface area contributed by atoms with Crippen LogP contribution in [0.5, 0.6) is 5.75 Å². The van der Waals surface area contributed by atoms with Gasteiger partial charge in [-0.15, -0.1) is 0 Å². The average molecular weight is 288 g/mol. The number of benzene rings is 1. The number of imidazole rings is 1. The number of nitrogens with one attached hydrogen (secondary N) is 1. The number of aryl methyl sites for hydroxylation is 1. The van der Waals surface area contributed by atoms with E-state index < -0.39 is 0 Å². The van der Waals surface area contributed by atoms with E-state index in [1.165, 1.54) is 0 Å². The summed E-state index contributed by atoms with van der Waals surface area (Å²) in [6.45, 7) is 5.79. The third-order valence-corrected chi connectivity index (χ3v) is 3.45. The van der Waals surface area contributed by atoms with E-state index in [9.17, 15) is 0 Å². The molecule has 0 amide bonds. The standard InChI is InChI=1S/C16H24N4O/c1-3-10-20-11-9-18-16(20)12-15(19-17)13-5-7-14(8-6-13)21-4-2/h5-9,11,15,19H,3-4,10,12,17H2,1-2H3. The van der Waals surface area contributed by atoms with Gasteiger partial charge in [0.15, 0.2) is 0 Å². The highest BCUT2D eigenvalue weighted by Gasteiger charge is 2.14. The molecule has 1 unspecified atom stereocenters. The van der Waals surface area contributed by atoms with Gasteiger partial charge in [-0.2, -0.15) is 0 Å². The van der Waals surface area contributed by atoms with Gasteiger partial charge in [0.1, 0.15) is 11.6 Å². The molecule has 2 aromatic rings. The maximum Gasteiger partial charge on any atom is 0.119 e. The normalized spacial score (nSPS) is 12.3. The molecule has 5 nitrogen and oxygen atoms in total. The third-order valence-electron chi connectivity index (χ3n) is 3.45. The van der Waals surface area contributed by atoms with Gasteiger partial charge in [-0.3, -0.25) is 11.3 Å². The van der Waals surface area contributed by atoms with E-state index in [2.05, 4.69) is 21.9 Å². The summed E-state index contributed by atoms with van der Waals surface area (Å²) in [5.41, 5.74) is 4.01. The monoisotopic (exact) mass is 288 g/mol. The van der Waals surface area contributed by atoms with Gasteiger partial charge in [-0.1, -0.05) is 19.1 Å². The van der Waals surface area contributed by atoms with Crippen molar-refractivity contribution in [3.05, 3.63) is 48.0 Å². The number of hydrogen-bond donors (Lipinski definition) is 2. The summed E-state index contributed by atoms with van der Waals surface area (Å²) in [5.74, 6) is 7.65. The molecule has 3 N–H and O–H groups in total. The molecule has 2 rings (SSSR count). The average Bonchev–Trinajstić information content (AvgIpc) is 2.94. The number of hydrazine groups is 1. The van der Waals surface area contributed by atoms with Gasteiger partial charge in [0.25, 0.3) is 0 Å². The summed E-state index contributed by atoms with van der Waals surface area (Å²) < 4.78 is 7.64. The van der Waals surface area contributed by atoms with Crippen LogP contribution in [0, 0.1) is 0 Å². The largest absolute Gasteiger partial charge is 0.494 e. The topological polar surface area (TPSA) is 65.1 Å². The van der Waals surface area contributed by atoms with Crippen molar-refractivity contribution in [3.8, 4) is 5.75 Å². The Labute approximate surface area is 126 Å². The first-order valence-electron chi connectivity index (χ1n) is 7.47. The van der Waals surface area contributed by atoms with Crippen molar-refractivity contribution in [2.75, 3.05) is 6.61 Å². The maximum atomic E-state index is 5.72. The van der Waals surface area contributed by atoms with E-state index in [1.54, 1.807) is 0 Å². The predicted molar refractivity (Wildman–Crippen MR) is 83.9 cm³/mol. The molecule has 0 aliphatic rings. The number of nitrogens with two attached hydrogens (primary N) is 1. The van der Waals surface area contributed by atoms with E-state index in [0.29, 0.717) is 6.61 Å². The molecule has 114 valence electrons. The predicted octanol–water partition coefficient (Wildman–Crippen LogP) is 2.44. The van der Waals surface area contributed by atoms with Crippen LogP contribution >= 0.6 is 0 Å². The van der Waals surface area contributed by atoms with Crippen LogP contribution < -0.4 is 16.0 Å². The zero-order valence-electron chi connectivity index (χ0n) is 12.7. The lowest BCUT2D eigenvalue weighted by molar-refractivity contribution is 0.340. The number of hydrogen-bond acceptors (Lipinski definition) is 4. The maximum absolute atomic E-state index is 5.72. The molecule has 0 aliphatic heterocycles. The van der Waals surface area contributed by atoms with Gasteiger partial charge in [0.05, 0.1) is 12.6 Å². The molecule has 0 radical (unpaired) electrons. The van der Waals surface area contributed by atoms with Crippen LogP contribution in [-0.2, 0) is 13.0 Å². The van der Waals surface area contributed by atoms with Crippen LogP contribution in [0.25, 0.3) is 0 Å². The van der Waals surface area contributed by atoms with Gasteiger partial charge >= 0.3 is 0 Å². The fourth-order valence-corrected chi connectivity index (χ4v) is 2.39. The summed E-state index contributed by atoms with van der Waals surface area (Å²) in [6.07, 6.45) is 5.71. The smallest absolute Gasteiger partial charge is 0.119 e. The SMILES string of the molecule is CCCn1ccnc1CC(NN)c1ccc(OCC)cc1. The quantitative estimate of drug-likeness (QED) is 0.578. The molecule has 0 bridgehead atoms. The van der Waals surface area contributed by atoms with Crippen molar-refractivity contribution in [1.29, 1.82) is 0 Å². The second-order valence-corrected chi connectivity index (χ2v) is 4.96. The minimum Gasteiger partial charge on any atom is -0.494 e. The molecule has 21 heavy (non-hydrogen) atoms. The first-order chi connectivity index (χ1) is 10.3. The first kappa shape index (κ1) is 15.5. The van der Waals surface area contributed by atoms with Gasteiger partial charge < -0.3 is 9.30 Å². The Morgan fingerprint density at radius 3 is 2.67 bits per heavy atom. The first-order valence-corrected chi connectivity index (χ1v) is 7.47. The summed E-state index contributed by atoms with van der Waals surface area (Å²) in [5, 5.41) is 0. The van der Waals surface area contributed by atoms with Crippen molar-refractivity contribution in [2.45, 2.75) is 39.3 Å². The molecule has 1 aromatic heterocycles. The lowest BCUT2D eigenvalue weighted by Gasteiger charge is -2.17. The van der Waals surface area contributed by atoms with Gasteiger partial charge in [-0.25, -0.2) is 4.98 Å². The van der Waals surface area contributed by atoms with Crippen molar-refractivity contribution in [3.63, 3.8) is 0 Å². The van der Waals surface area contributed by atoms with Crippen LogP contribution in [0.1, 0.15) is 37.7 Å². The van der Waals surface area contributed by atoms with E-state index in [-0.39, 0.29) is 6.04 Å². The highest BCUT2D eigenvalue weighted by molar-refractivity contribution is 5.29. The van der Waals surface area contributed by atoms with Crippen LogP contribution in [0.2, 0.25) is 0 Å². The van der Waals surface area contributed by atoms with Crippen LogP contribution in [0.4, 0.5) is 0 Å². The van der Waals surface area contributed by atoms with Crippen molar-refractivity contribution < 1.29 is 4.74 Å². The molecule has 0 aliphatic carbocycles. The Morgan fingerprint density at radius 2 is 2.05 bits per heavy atom. The van der Waals surface area contributed by atoms with Crippen molar-refractivity contribution in [1.82, 2.24) is 15.0 Å². The highest BCUT2D eigenvalue weighted by Crippen LogP contribution is 2.20. The molecule has 0 saturated carbocycles. The van der Waals surface area contributed by atoms with Crippen molar-refractivity contribution >= 4 is 0 Å². The van der Waals surface area contributed by atoms with Crippen molar-refractivity contribution in [2.24, 2.45) is 5.84 Å². The molecule has 1 atom stereocenters. The van der Waals surface area contributed by atoms with Crippen LogP contribution in [0.15, 0.2) is 36.7 Å². The van der Waals surface area contributed by atoms with Crippen LogP contribution in [0.3, 0.4) is 0 Å². The van der Waals surface area contributed by atoms with Crippen LogP contribution in [-0.4, -0.2) is 16.2 Å². The summed E-state index contributed by atoms with van der Waals surface area (Å²) in [7, 11) is 0. The Hall–Kier alpha value is -1.85. The van der Waals surface area contributed by atoms with E-state index in [1.807, 2.05) is 43.6 Å². The summed E-state index contributed by atoms with van der Waals surface area (Å²) >= 11 is 0. The lowest BCUT2D eigenvalue weighted by atomic mass is 10.0. The summed E-state index contributed by atoms with van der Waals surface area (Å²) in [6, 6.07) is 8.08. The molecular formula is C16H24N4O. The molecule has 0 spiro atoms. The number of nitrogens with zero attached hydrogens (tertiary/aromatic N) is 2. The molecule has 5 heteroatoms.